The molecule has 18 heavy (non-hydrogen) atoms. The molecule has 0 radical (unpaired) electrons. The van der Waals surface area contributed by atoms with Gasteiger partial charge in [-0.1, -0.05) is 11.8 Å². The highest BCUT2D eigenvalue weighted by atomic mass is 32.2. The van der Waals surface area contributed by atoms with Crippen molar-refractivity contribution in [3.05, 3.63) is 22.6 Å². The van der Waals surface area contributed by atoms with E-state index in [0.717, 1.165) is 31.3 Å². The number of hydrogen-bond acceptors (Lipinski definition) is 5. The van der Waals surface area contributed by atoms with E-state index >= 15 is 0 Å². The molecule has 1 N–H and O–H groups in total. The fourth-order valence-electron chi connectivity index (χ4n) is 2.05. The zero-order valence-corrected chi connectivity index (χ0v) is 10.9. The van der Waals surface area contributed by atoms with Crippen LogP contribution in [0.3, 0.4) is 0 Å². The molecule has 98 valence electrons. The molecule has 7 heteroatoms. The van der Waals surface area contributed by atoms with E-state index in [1.807, 2.05) is 11.6 Å². The average Bonchev–Trinajstić information content (AvgIpc) is 2.73. The van der Waals surface area contributed by atoms with Crippen LogP contribution in [0.15, 0.2) is 22.2 Å². The molecule has 0 saturated carbocycles. The molecule has 0 aliphatic carbocycles. The molecule has 1 aliphatic rings. The third kappa shape index (κ3) is 3.11. The van der Waals surface area contributed by atoms with E-state index in [1.165, 1.54) is 6.07 Å². The fourth-order valence-corrected chi connectivity index (χ4v) is 2.81. The van der Waals surface area contributed by atoms with Gasteiger partial charge in [-0.05, 0) is 20.0 Å². The second-order valence-corrected chi connectivity index (χ2v) is 5.29. The van der Waals surface area contributed by atoms with Crippen molar-refractivity contribution in [2.24, 2.45) is 0 Å². The molecule has 1 aromatic rings. The van der Waals surface area contributed by atoms with Gasteiger partial charge in [-0.25, -0.2) is 0 Å². The van der Waals surface area contributed by atoms with E-state index in [1.54, 1.807) is 6.20 Å². The van der Waals surface area contributed by atoms with Crippen LogP contribution in [0.2, 0.25) is 0 Å². The second-order valence-electron chi connectivity index (χ2n) is 4.34. The molecule has 1 aliphatic heterocycles. The van der Waals surface area contributed by atoms with Crippen LogP contribution in [0, 0.1) is 0 Å². The first-order valence-electron chi connectivity index (χ1n) is 5.68. The summed E-state index contributed by atoms with van der Waals surface area (Å²) in [5.74, 6) is -0.993. The van der Waals surface area contributed by atoms with Gasteiger partial charge in [0.1, 0.15) is 0 Å². The first-order valence-corrected chi connectivity index (χ1v) is 6.67. The van der Waals surface area contributed by atoms with Crippen molar-refractivity contribution in [1.82, 2.24) is 14.5 Å². The molecule has 2 rings (SSSR count). The Labute approximate surface area is 109 Å². The van der Waals surface area contributed by atoms with Gasteiger partial charge >= 0.3 is 5.97 Å². The molecule has 0 spiro atoms. The summed E-state index contributed by atoms with van der Waals surface area (Å²) in [5.41, 5.74) is -0.328. The van der Waals surface area contributed by atoms with Gasteiger partial charge in [0.15, 0.2) is 5.16 Å². The Bertz CT molecular complexity index is 503. The van der Waals surface area contributed by atoms with Crippen molar-refractivity contribution in [1.29, 1.82) is 0 Å². The smallest absolute Gasteiger partial charge is 0.313 e. The van der Waals surface area contributed by atoms with Gasteiger partial charge in [0, 0.05) is 24.8 Å². The van der Waals surface area contributed by atoms with Crippen LogP contribution in [-0.4, -0.2) is 51.4 Å². The lowest BCUT2D eigenvalue weighted by molar-refractivity contribution is -0.133. The zero-order valence-electron chi connectivity index (χ0n) is 10.1. The van der Waals surface area contributed by atoms with Crippen LogP contribution < -0.4 is 5.56 Å². The van der Waals surface area contributed by atoms with E-state index in [-0.39, 0.29) is 17.4 Å². The minimum Gasteiger partial charge on any atom is -0.481 e. The van der Waals surface area contributed by atoms with Crippen LogP contribution in [0.5, 0.6) is 0 Å². The number of likely N-dealkylation sites (N-methyl/N-ethyl adjacent to an activating group) is 1. The van der Waals surface area contributed by atoms with E-state index < -0.39 is 5.97 Å². The van der Waals surface area contributed by atoms with Crippen molar-refractivity contribution in [3.8, 4) is 0 Å². The number of likely N-dealkylation sites (tertiary alicyclic amines) is 1. The number of nitrogens with zero attached hydrogens (tertiary/aromatic N) is 3. The van der Waals surface area contributed by atoms with Crippen molar-refractivity contribution in [3.63, 3.8) is 0 Å². The van der Waals surface area contributed by atoms with Crippen LogP contribution in [0.25, 0.3) is 0 Å². The van der Waals surface area contributed by atoms with Gasteiger partial charge in [-0.2, -0.15) is 4.98 Å². The number of carbonyl (C=O) groups is 1. The quantitative estimate of drug-likeness (QED) is 0.626. The molecule has 2 heterocycles. The molecule has 0 bridgehead atoms. The highest BCUT2D eigenvalue weighted by molar-refractivity contribution is 7.99. The van der Waals surface area contributed by atoms with Gasteiger partial charge in [-0.3, -0.25) is 9.59 Å². The Kier molecular flexibility index (Phi) is 4.03. The van der Waals surface area contributed by atoms with Gasteiger partial charge in [0.2, 0.25) is 0 Å². The molecular weight excluding hydrogens is 254 g/mol. The van der Waals surface area contributed by atoms with Gasteiger partial charge < -0.3 is 14.6 Å². The van der Waals surface area contributed by atoms with Gasteiger partial charge in [0.05, 0.1) is 5.75 Å². The molecular formula is C11H15N3O3S. The molecule has 1 fully saturated rings. The highest BCUT2D eigenvalue weighted by Gasteiger charge is 2.22. The Morgan fingerprint density at radius 1 is 1.67 bits per heavy atom. The zero-order chi connectivity index (χ0) is 13.1. The number of rotatable bonds is 4. The van der Waals surface area contributed by atoms with Crippen LogP contribution in [-0.2, 0) is 4.79 Å². The van der Waals surface area contributed by atoms with E-state index in [9.17, 15) is 9.59 Å². The second kappa shape index (κ2) is 5.53. The number of carboxylic acids is 1. The first kappa shape index (κ1) is 13.1. The summed E-state index contributed by atoms with van der Waals surface area (Å²) in [6, 6.07) is 1.68. The molecule has 1 unspecified atom stereocenters. The van der Waals surface area contributed by atoms with Gasteiger partial charge in [-0.15, -0.1) is 0 Å². The Balaban J connectivity index is 2.22. The maximum atomic E-state index is 11.3. The summed E-state index contributed by atoms with van der Waals surface area (Å²) in [6.45, 7) is 1.89. The number of thioether (sulfide) groups is 1. The highest BCUT2D eigenvalue weighted by Crippen LogP contribution is 2.24. The number of aliphatic carboxylic acids is 1. The predicted octanol–water partition coefficient (Wildman–Crippen LogP) is 0.297. The SMILES string of the molecule is CN1CCC(n2ccc(=O)nc2SCC(=O)O)C1. The Morgan fingerprint density at radius 2 is 2.44 bits per heavy atom. The first-order chi connectivity index (χ1) is 8.56. The third-order valence-electron chi connectivity index (χ3n) is 2.89. The fraction of sp³-hybridized carbons (Fsp3) is 0.545. The molecule has 1 aromatic heterocycles. The molecule has 0 amide bonds. The number of aromatic nitrogens is 2. The topological polar surface area (TPSA) is 75.4 Å². The lowest BCUT2D eigenvalue weighted by Crippen LogP contribution is -2.21. The normalized spacial score (nSPS) is 20.2. The van der Waals surface area contributed by atoms with E-state index in [0.29, 0.717) is 5.16 Å². The molecule has 6 nitrogen and oxygen atoms in total. The van der Waals surface area contributed by atoms with Crippen molar-refractivity contribution in [2.75, 3.05) is 25.9 Å². The lowest BCUT2D eigenvalue weighted by atomic mass is 10.2. The summed E-state index contributed by atoms with van der Waals surface area (Å²) in [4.78, 5) is 28.0. The minimum absolute atomic E-state index is 0.0843. The molecule has 1 saturated heterocycles. The maximum absolute atomic E-state index is 11.3. The molecule has 1 atom stereocenters. The summed E-state index contributed by atoms with van der Waals surface area (Å²) < 4.78 is 1.92. The number of carboxylic acid groups (broad SMARTS) is 1. The van der Waals surface area contributed by atoms with E-state index in [4.69, 9.17) is 5.11 Å². The Morgan fingerprint density at radius 3 is 3.06 bits per heavy atom. The largest absolute Gasteiger partial charge is 0.481 e. The summed E-state index contributed by atoms with van der Waals surface area (Å²) >= 11 is 1.09. The minimum atomic E-state index is -0.909. The van der Waals surface area contributed by atoms with Gasteiger partial charge in [0.25, 0.3) is 5.56 Å². The number of hydrogen-bond donors (Lipinski definition) is 1. The predicted molar refractivity (Wildman–Crippen MR) is 68.0 cm³/mol. The van der Waals surface area contributed by atoms with Crippen molar-refractivity contribution >= 4 is 17.7 Å². The van der Waals surface area contributed by atoms with Crippen molar-refractivity contribution in [2.45, 2.75) is 17.6 Å². The monoisotopic (exact) mass is 269 g/mol. The molecule has 0 aromatic carbocycles. The van der Waals surface area contributed by atoms with Crippen LogP contribution in [0.4, 0.5) is 0 Å². The van der Waals surface area contributed by atoms with E-state index in [2.05, 4.69) is 9.88 Å². The summed E-state index contributed by atoms with van der Waals surface area (Å²) in [7, 11) is 2.04. The lowest BCUT2D eigenvalue weighted by Gasteiger charge is -2.17. The summed E-state index contributed by atoms with van der Waals surface area (Å²) in [5, 5.41) is 9.19. The Hall–Kier alpha value is -1.34. The third-order valence-corrected chi connectivity index (χ3v) is 3.84. The van der Waals surface area contributed by atoms with Crippen LogP contribution in [0.1, 0.15) is 12.5 Å². The van der Waals surface area contributed by atoms with Crippen molar-refractivity contribution < 1.29 is 9.90 Å². The maximum Gasteiger partial charge on any atom is 0.313 e. The van der Waals surface area contributed by atoms with Crippen LogP contribution >= 0.6 is 11.8 Å². The standard InChI is InChI=1S/C11H15N3O3S/c1-13-4-2-8(6-13)14-5-3-9(15)12-11(14)18-7-10(16)17/h3,5,8H,2,4,6-7H2,1H3,(H,16,17). The summed E-state index contributed by atoms with van der Waals surface area (Å²) in [6.07, 6.45) is 2.70. The average molecular weight is 269 g/mol.